The third kappa shape index (κ3) is 2.36. The molecule has 1 aliphatic carbocycles. The van der Waals surface area contributed by atoms with Crippen molar-refractivity contribution >= 4 is 5.97 Å². The monoisotopic (exact) mass is 304 g/mol. The molecule has 1 heterocycles. The highest BCUT2D eigenvalue weighted by molar-refractivity contribution is 5.78. The summed E-state index contributed by atoms with van der Waals surface area (Å²) in [7, 11) is 1.47. The zero-order valence-corrected chi connectivity index (χ0v) is 11.9. The highest BCUT2D eigenvalue weighted by Gasteiger charge is 2.36. The summed E-state index contributed by atoms with van der Waals surface area (Å²) in [6, 6.07) is 2.54. The van der Waals surface area contributed by atoms with Crippen molar-refractivity contribution in [3.8, 4) is 17.2 Å². The van der Waals surface area contributed by atoms with Crippen LogP contribution in [0.4, 0.5) is 0 Å². The zero-order valence-electron chi connectivity index (χ0n) is 11.9. The number of allylic oxidation sites excluding steroid dienone is 3. The minimum atomic E-state index is -0.423. The number of methoxy groups -OCH3 is 1. The molecule has 2 aliphatic rings. The minimum Gasteiger partial charge on any atom is -0.508 e. The summed E-state index contributed by atoms with van der Waals surface area (Å²) >= 11 is 0. The molecule has 0 spiro atoms. The number of aliphatic hydroxyl groups excluding tert-OH is 1. The maximum Gasteiger partial charge on any atom is 0.311 e. The van der Waals surface area contributed by atoms with Gasteiger partial charge in [0.1, 0.15) is 23.0 Å². The number of benzene rings is 1. The minimum absolute atomic E-state index is 0.0623. The number of hydrogen-bond acceptors (Lipinski definition) is 6. The van der Waals surface area contributed by atoms with E-state index >= 15 is 0 Å². The van der Waals surface area contributed by atoms with Gasteiger partial charge in [-0.05, 0) is 12.0 Å². The lowest BCUT2D eigenvalue weighted by Gasteiger charge is -2.31. The van der Waals surface area contributed by atoms with Crippen LogP contribution in [0.25, 0.3) is 0 Å². The first-order valence-electron chi connectivity index (χ1n) is 6.90. The molecule has 6 nitrogen and oxygen atoms in total. The van der Waals surface area contributed by atoms with Gasteiger partial charge in [0.15, 0.2) is 5.76 Å². The van der Waals surface area contributed by atoms with Gasteiger partial charge in [-0.3, -0.25) is 4.79 Å². The van der Waals surface area contributed by atoms with Gasteiger partial charge in [-0.2, -0.15) is 0 Å². The lowest BCUT2D eigenvalue weighted by molar-refractivity contribution is -0.136. The van der Waals surface area contributed by atoms with Crippen LogP contribution in [0.5, 0.6) is 17.2 Å². The fraction of sp³-hybridized carbons (Fsp3) is 0.312. The molecule has 3 rings (SSSR count). The third-order valence-electron chi connectivity index (χ3n) is 4.06. The molecule has 0 radical (unpaired) electrons. The van der Waals surface area contributed by atoms with E-state index in [1.165, 1.54) is 25.3 Å². The Morgan fingerprint density at radius 3 is 2.73 bits per heavy atom. The van der Waals surface area contributed by atoms with Crippen molar-refractivity contribution in [2.75, 3.05) is 7.11 Å². The molecule has 3 N–H and O–H groups in total. The Balaban J connectivity index is 2.00. The maximum absolute atomic E-state index is 11.8. The predicted octanol–water partition coefficient (Wildman–Crippen LogP) is 2.48. The molecule has 1 aromatic rings. The Morgan fingerprint density at radius 1 is 1.23 bits per heavy atom. The third-order valence-corrected chi connectivity index (χ3v) is 4.06. The van der Waals surface area contributed by atoms with Crippen LogP contribution in [-0.4, -0.2) is 28.4 Å². The van der Waals surface area contributed by atoms with Crippen molar-refractivity contribution in [3.05, 3.63) is 41.4 Å². The molecule has 0 aromatic heterocycles. The molecule has 0 bridgehead atoms. The Bertz CT molecular complexity index is 688. The van der Waals surface area contributed by atoms with Crippen LogP contribution in [0.3, 0.4) is 0 Å². The average molecular weight is 304 g/mol. The Hall–Kier alpha value is -2.63. The first-order chi connectivity index (χ1) is 10.5. The van der Waals surface area contributed by atoms with Gasteiger partial charge >= 0.3 is 5.97 Å². The highest BCUT2D eigenvalue weighted by Crippen LogP contribution is 2.48. The molecule has 0 saturated carbocycles. The van der Waals surface area contributed by atoms with Gasteiger partial charge < -0.3 is 24.8 Å². The van der Waals surface area contributed by atoms with E-state index in [4.69, 9.17) is 9.47 Å². The SMILES string of the molecule is COC1=C(O)C=CC([C@@H]2CC(=O)Oc3cc(O)cc(O)c32)C1. The van der Waals surface area contributed by atoms with E-state index in [0.29, 0.717) is 17.7 Å². The summed E-state index contributed by atoms with van der Waals surface area (Å²) in [5, 5.41) is 29.4. The molecule has 1 unspecified atom stereocenters. The van der Waals surface area contributed by atoms with Crippen LogP contribution in [0.2, 0.25) is 0 Å². The second-order valence-electron chi connectivity index (χ2n) is 5.40. The van der Waals surface area contributed by atoms with Crippen LogP contribution in [0.15, 0.2) is 35.8 Å². The summed E-state index contributed by atoms with van der Waals surface area (Å²) in [5.74, 6) is -0.478. The molecule has 6 heteroatoms. The van der Waals surface area contributed by atoms with Gasteiger partial charge in [0.05, 0.1) is 13.5 Å². The average Bonchev–Trinajstić information content (AvgIpc) is 2.46. The normalized spacial score (nSPS) is 24.0. The van der Waals surface area contributed by atoms with E-state index in [0.717, 1.165) is 0 Å². The molecule has 1 aromatic carbocycles. The quantitative estimate of drug-likeness (QED) is 0.574. The summed E-state index contributed by atoms with van der Waals surface area (Å²) in [6.45, 7) is 0. The van der Waals surface area contributed by atoms with Crippen LogP contribution < -0.4 is 4.74 Å². The number of phenolic OH excluding ortho intramolecular Hbond substituents is 2. The number of carbonyl (C=O) groups is 1. The van der Waals surface area contributed by atoms with Crippen LogP contribution in [0, 0.1) is 5.92 Å². The number of rotatable bonds is 2. The lowest BCUT2D eigenvalue weighted by atomic mass is 9.77. The number of esters is 1. The van der Waals surface area contributed by atoms with Crippen molar-refractivity contribution < 1.29 is 29.6 Å². The summed E-state index contributed by atoms with van der Waals surface area (Å²) in [6.07, 6.45) is 3.84. The van der Waals surface area contributed by atoms with Gasteiger partial charge in [-0.1, -0.05) is 6.08 Å². The number of carbonyl (C=O) groups excluding carboxylic acids is 1. The number of aromatic hydroxyl groups is 2. The van der Waals surface area contributed by atoms with Crippen molar-refractivity contribution in [1.82, 2.24) is 0 Å². The molecule has 0 saturated heterocycles. The number of ether oxygens (including phenoxy) is 2. The summed E-state index contributed by atoms with van der Waals surface area (Å²) in [4.78, 5) is 11.8. The van der Waals surface area contributed by atoms with E-state index in [1.54, 1.807) is 6.08 Å². The van der Waals surface area contributed by atoms with Crippen LogP contribution in [-0.2, 0) is 9.53 Å². The fourth-order valence-corrected chi connectivity index (χ4v) is 3.02. The number of phenols is 2. The standard InChI is InChI=1S/C16H16O6/c1-21-13-4-8(2-3-11(13)18)10-7-15(20)22-14-6-9(17)5-12(19)16(10)14/h2-3,5-6,8,10,17-19H,4,7H2,1H3/t8?,10-/m0/s1. The molecule has 116 valence electrons. The Kier molecular flexibility index (Phi) is 3.44. The van der Waals surface area contributed by atoms with Crippen molar-refractivity contribution in [2.45, 2.75) is 18.8 Å². The van der Waals surface area contributed by atoms with Gasteiger partial charge in [-0.25, -0.2) is 0 Å². The second-order valence-corrected chi connectivity index (χ2v) is 5.40. The van der Waals surface area contributed by atoms with Gasteiger partial charge in [0, 0.05) is 30.0 Å². The van der Waals surface area contributed by atoms with Crippen LogP contribution >= 0.6 is 0 Å². The maximum atomic E-state index is 11.8. The molecule has 0 amide bonds. The Labute approximate surface area is 126 Å². The van der Waals surface area contributed by atoms with Crippen molar-refractivity contribution in [1.29, 1.82) is 0 Å². The second kappa shape index (κ2) is 5.29. The first-order valence-corrected chi connectivity index (χ1v) is 6.90. The van der Waals surface area contributed by atoms with E-state index in [-0.39, 0.29) is 41.3 Å². The molecule has 1 aliphatic heterocycles. The largest absolute Gasteiger partial charge is 0.508 e. The number of fused-ring (bicyclic) bond motifs is 1. The van der Waals surface area contributed by atoms with E-state index in [9.17, 15) is 20.1 Å². The highest BCUT2D eigenvalue weighted by atomic mass is 16.5. The molecule has 22 heavy (non-hydrogen) atoms. The number of hydrogen-bond donors (Lipinski definition) is 3. The van der Waals surface area contributed by atoms with Crippen LogP contribution in [0.1, 0.15) is 24.3 Å². The number of aliphatic hydroxyl groups is 1. The first kappa shape index (κ1) is 14.3. The molecular weight excluding hydrogens is 288 g/mol. The lowest BCUT2D eigenvalue weighted by Crippen LogP contribution is -2.26. The summed E-state index contributed by atoms with van der Waals surface area (Å²) < 4.78 is 10.3. The molecular formula is C16H16O6. The zero-order chi connectivity index (χ0) is 15.9. The molecule has 2 atom stereocenters. The van der Waals surface area contributed by atoms with E-state index < -0.39 is 5.97 Å². The van der Waals surface area contributed by atoms with Gasteiger partial charge in [-0.15, -0.1) is 0 Å². The topological polar surface area (TPSA) is 96.2 Å². The van der Waals surface area contributed by atoms with Gasteiger partial charge in [0.2, 0.25) is 0 Å². The fourth-order valence-electron chi connectivity index (χ4n) is 3.02. The Morgan fingerprint density at radius 2 is 2.00 bits per heavy atom. The van der Waals surface area contributed by atoms with Crippen molar-refractivity contribution in [3.63, 3.8) is 0 Å². The van der Waals surface area contributed by atoms with Gasteiger partial charge in [0.25, 0.3) is 0 Å². The smallest absolute Gasteiger partial charge is 0.311 e. The predicted molar refractivity (Wildman–Crippen MR) is 76.7 cm³/mol. The van der Waals surface area contributed by atoms with E-state index in [1.807, 2.05) is 0 Å². The molecule has 0 fully saturated rings. The van der Waals surface area contributed by atoms with Crippen molar-refractivity contribution in [2.24, 2.45) is 5.92 Å². The summed E-state index contributed by atoms with van der Waals surface area (Å²) in [5.41, 5.74) is 0.490. The van der Waals surface area contributed by atoms with E-state index in [2.05, 4.69) is 0 Å².